The zero-order valence-corrected chi connectivity index (χ0v) is 5.71. The highest BCUT2D eigenvalue weighted by atomic mass is 19.1. The van der Waals surface area contributed by atoms with Gasteiger partial charge in [-0.3, -0.25) is 0 Å². The molecule has 0 spiro atoms. The van der Waals surface area contributed by atoms with Crippen molar-refractivity contribution in [3.05, 3.63) is 41.8 Å². The van der Waals surface area contributed by atoms with E-state index in [9.17, 15) is 4.39 Å². The number of halogens is 1. The molecule has 0 aromatic heterocycles. The summed E-state index contributed by atoms with van der Waals surface area (Å²) < 4.78 is 12.9. The van der Waals surface area contributed by atoms with Crippen LogP contribution in [-0.2, 0) is 0 Å². The van der Waals surface area contributed by atoms with E-state index in [0.29, 0.717) is 6.61 Å². The smallest absolute Gasteiger partial charge is 0.144 e. The van der Waals surface area contributed by atoms with Gasteiger partial charge in [-0.05, 0) is 6.07 Å². The second-order valence-electron chi connectivity index (χ2n) is 1.98. The maximum Gasteiger partial charge on any atom is 0.144 e. The second kappa shape index (κ2) is 3.18. The monoisotopic (exact) mass is 149 g/mol. The Bertz CT molecular complexity index is 299. The fourth-order valence-corrected chi connectivity index (χ4v) is 0.761. The van der Waals surface area contributed by atoms with Crippen molar-refractivity contribution in [3.8, 4) is 12.3 Å². The zero-order chi connectivity index (χ0) is 8.27. The first kappa shape index (κ1) is 7.77. The van der Waals surface area contributed by atoms with Gasteiger partial charge in [0.25, 0.3) is 0 Å². The van der Waals surface area contributed by atoms with Crippen LogP contribution < -0.4 is 0 Å². The number of benzene rings is 1. The Morgan fingerprint density at radius 2 is 2.27 bits per heavy atom. The van der Waals surface area contributed by atoms with E-state index in [2.05, 4.69) is 5.92 Å². The van der Waals surface area contributed by atoms with Crippen LogP contribution in [0.3, 0.4) is 0 Å². The predicted molar refractivity (Wildman–Crippen MR) is 39.7 cm³/mol. The third-order valence-corrected chi connectivity index (χ3v) is 1.32. The Balaban J connectivity index is 3.23. The molecule has 2 heteroatoms. The van der Waals surface area contributed by atoms with Crippen LogP contribution in [0.25, 0.3) is 0 Å². The molecule has 0 aliphatic heterocycles. The maximum absolute atomic E-state index is 12.9. The summed E-state index contributed by atoms with van der Waals surface area (Å²) in [5.41, 5.74) is 0.272. The molecule has 1 aromatic rings. The van der Waals surface area contributed by atoms with Crippen molar-refractivity contribution in [2.24, 2.45) is 0 Å². The van der Waals surface area contributed by atoms with Gasteiger partial charge in [0.05, 0.1) is 5.56 Å². The summed E-state index contributed by atoms with van der Waals surface area (Å²) in [6.07, 6.45) is 4.99. The van der Waals surface area contributed by atoms with Gasteiger partial charge in [0, 0.05) is 5.56 Å². The van der Waals surface area contributed by atoms with Crippen LogP contribution in [0.5, 0.6) is 0 Å². The van der Waals surface area contributed by atoms with E-state index in [1.54, 1.807) is 6.07 Å². The van der Waals surface area contributed by atoms with Gasteiger partial charge in [-0.2, -0.15) is 0 Å². The molecule has 0 unspecified atom stereocenters. The predicted octanol–water partition coefficient (Wildman–Crippen LogP) is 1.69. The molecule has 11 heavy (non-hydrogen) atoms. The van der Waals surface area contributed by atoms with Gasteiger partial charge in [0.2, 0.25) is 0 Å². The molecule has 0 atom stereocenters. The van der Waals surface area contributed by atoms with Gasteiger partial charge in [-0.25, -0.2) is 4.39 Å². The van der Waals surface area contributed by atoms with Crippen LogP contribution in [0.1, 0.15) is 11.1 Å². The van der Waals surface area contributed by atoms with Crippen LogP contribution in [0, 0.1) is 24.8 Å². The van der Waals surface area contributed by atoms with Crippen molar-refractivity contribution in [1.29, 1.82) is 0 Å². The molecule has 0 aliphatic rings. The van der Waals surface area contributed by atoms with Gasteiger partial charge in [0.15, 0.2) is 0 Å². The van der Waals surface area contributed by atoms with E-state index in [1.165, 1.54) is 12.1 Å². The number of rotatable bonds is 1. The van der Waals surface area contributed by atoms with Gasteiger partial charge in [-0.15, -0.1) is 6.42 Å². The van der Waals surface area contributed by atoms with E-state index in [0.717, 1.165) is 0 Å². The lowest BCUT2D eigenvalue weighted by Crippen LogP contribution is -1.90. The minimum Gasteiger partial charge on any atom is -0.385 e. The molecule has 0 aliphatic carbocycles. The van der Waals surface area contributed by atoms with E-state index < -0.39 is 5.82 Å². The van der Waals surface area contributed by atoms with Crippen LogP contribution in [-0.4, -0.2) is 5.11 Å². The molecule has 0 bridgehead atoms. The lowest BCUT2D eigenvalue weighted by atomic mass is 10.1. The first-order valence-electron chi connectivity index (χ1n) is 3.02. The largest absolute Gasteiger partial charge is 0.385 e. The van der Waals surface area contributed by atoms with Gasteiger partial charge < -0.3 is 5.11 Å². The summed E-state index contributed by atoms with van der Waals surface area (Å²) >= 11 is 0. The van der Waals surface area contributed by atoms with E-state index in [-0.39, 0.29) is 11.1 Å². The van der Waals surface area contributed by atoms with Crippen molar-refractivity contribution in [2.75, 3.05) is 0 Å². The Kier molecular flexibility index (Phi) is 2.25. The quantitative estimate of drug-likeness (QED) is 0.602. The first-order chi connectivity index (χ1) is 5.29. The first-order valence-corrected chi connectivity index (χ1v) is 3.02. The Labute approximate surface area is 64.5 Å². The standard InChI is InChI=1S/C9H6FO/c1-2-7-4-3-5-8(6-11)9(7)10/h1,3-6,11H. The van der Waals surface area contributed by atoms with E-state index in [1.807, 2.05) is 0 Å². The van der Waals surface area contributed by atoms with Crippen molar-refractivity contribution < 1.29 is 9.50 Å². The molecule has 0 saturated heterocycles. The van der Waals surface area contributed by atoms with Gasteiger partial charge in [0.1, 0.15) is 12.4 Å². The molecular weight excluding hydrogens is 143 g/mol. The lowest BCUT2D eigenvalue weighted by molar-refractivity contribution is 0.407. The van der Waals surface area contributed by atoms with E-state index >= 15 is 0 Å². The third-order valence-electron chi connectivity index (χ3n) is 1.32. The number of terminal acetylenes is 1. The second-order valence-corrected chi connectivity index (χ2v) is 1.98. The van der Waals surface area contributed by atoms with Crippen molar-refractivity contribution in [1.82, 2.24) is 0 Å². The lowest BCUT2D eigenvalue weighted by Gasteiger charge is -1.98. The summed E-state index contributed by atoms with van der Waals surface area (Å²) in [4.78, 5) is 0. The number of hydrogen-bond donors (Lipinski definition) is 1. The summed E-state index contributed by atoms with van der Waals surface area (Å²) in [7, 11) is 0. The number of aliphatic hydroxyl groups is 1. The summed E-state index contributed by atoms with van der Waals surface area (Å²) in [5.74, 6) is 1.61. The maximum atomic E-state index is 12.9. The summed E-state index contributed by atoms with van der Waals surface area (Å²) in [6, 6.07) is 4.50. The highest BCUT2D eigenvalue weighted by molar-refractivity contribution is 5.38. The van der Waals surface area contributed by atoms with Crippen molar-refractivity contribution in [3.63, 3.8) is 0 Å². The summed E-state index contributed by atoms with van der Waals surface area (Å²) in [5, 5.41) is 8.50. The zero-order valence-electron chi connectivity index (χ0n) is 5.71. The molecule has 0 fully saturated rings. The van der Waals surface area contributed by atoms with Crippen molar-refractivity contribution >= 4 is 0 Å². The highest BCUT2D eigenvalue weighted by Gasteiger charge is 2.03. The molecule has 1 aromatic carbocycles. The number of hydrogen-bond acceptors (Lipinski definition) is 1. The molecular formula is C9H6FO. The molecule has 1 radical (unpaired) electrons. The number of aliphatic hydroxyl groups excluding tert-OH is 1. The third kappa shape index (κ3) is 1.39. The molecule has 0 heterocycles. The topological polar surface area (TPSA) is 20.2 Å². The van der Waals surface area contributed by atoms with Crippen LogP contribution in [0.4, 0.5) is 4.39 Å². The highest BCUT2D eigenvalue weighted by Crippen LogP contribution is 2.12. The average Bonchev–Trinajstić information content (AvgIpc) is 2.05. The van der Waals surface area contributed by atoms with Crippen LogP contribution in [0.15, 0.2) is 18.2 Å². The van der Waals surface area contributed by atoms with Crippen molar-refractivity contribution in [2.45, 2.75) is 0 Å². The molecule has 1 rings (SSSR count). The van der Waals surface area contributed by atoms with Gasteiger partial charge in [-0.1, -0.05) is 18.1 Å². The normalized spacial score (nSPS) is 9.18. The fourth-order valence-electron chi connectivity index (χ4n) is 0.761. The molecule has 1 nitrogen and oxygen atoms in total. The van der Waals surface area contributed by atoms with Gasteiger partial charge >= 0.3 is 0 Å². The van der Waals surface area contributed by atoms with Crippen LogP contribution in [0.2, 0.25) is 0 Å². The van der Waals surface area contributed by atoms with E-state index in [4.69, 9.17) is 11.5 Å². The molecule has 0 amide bonds. The molecule has 55 valence electrons. The Hall–Kier alpha value is -1.33. The average molecular weight is 149 g/mol. The Morgan fingerprint density at radius 3 is 2.82 bits per heavy atom. The molecule has 0 saturated carbocycles. The summed E-state index contributed by atoms with van der Waals surface area (Å²) in [6.45, 7) is 0.691. The fraction of sp³-hybridized carbons (Fsp3) is 0. The Morgan fingerprint density at radius 1 is 1.55 bits per heavy atom. The minimum absolute atomic E-state index is 0.112. The minimum atomic E-state index is -0.558. The SMILES string of the molecule is C#Cc1cccc([CH]O)c1F. The van der Waals surface area contributed by atoms with Crippen LogP contribution >= 0.6 is 0 Å². The molecule has 1 N–H and O–H groups in total.